The fourth-order valence-electron chi connectivity index (χ4n) is 2.90. The van der Waals surface area contributed by atoms with E-state index in [1.165, 1.54) is 10.4 Å². The molecule has 1 aliphatic rings. The van der Waals surface area contributed by atoms with Gasteiger partial charge in [0.2, 0.25) is 0 Å². The largest absolute Gasteiger partial charge is 0.490 e. The lowest BCUT2D eigenvalue weighted by molar-refractivity contribution is 0.323. The first-order valence-electron chi connectivity index (χ1n) is 7.91. The van der Waals surface area contributed by atoms with Crippen molar-refractivity contribution in [2.45, 2.75) is 13.3 Å². The van der Waals surface area contributed by atoms with Crippen LogP contribution in [0.15, 0.2) is 42.5 Å². The Morgan fingerprint density at radius 2 is 2.17 bits per heavy atom. The van der Waals surface area contributed by atoms with Crippen molar-refractivity contribution in [3.8, 4) is 17.0 Å². The Morgan fingerprint density at radius 3 is 3.04 bits per heavy atom. The highest BCUT2D eigenvalue weighted by molar-refractivity contribution is 7.12. The Morgan fingerprint density at radius 1 is 1.25 bits per heavy atom. The molecule has 2 aromatic carbocycles. The molecule has 2 heterocycles. The van der Waals surface area contributed by atoms with E-state index in [0.717, 1.165) is 45.7 Å². The van der Waals surface area contributed by atoms with Crippen molar-refractivity contribution in [2.75, 3.05) is 18.5 Å². The molecule has 122 valence electrons. The third kappa shape index (κ3) is 3.12. The lowest BCUT2D eigenvalue weighted by Crippen LogP contribution is -2.17. The molecule has 3 nitrogen and oxygen atoms in total. The van der Waals surface area contributed by atoms with Crippen molar-refractivity contribution in [3.63, 3.8) is 0 Å². The van der Waals surface area contributed by atoms with Crippen LogP contribution in [0.2, 0.25) is 5.02 Å². The average molecular weight is 357 g/mol. The van der Waals surface area contributed by atoms with Crippen molar-refractivity contribution in [1.29, 1.82) is 0 Å². The number of aromatic nitrogens is 1. The summed E-state index contributed by atoms with van der Waals surface area (Å²) in [6, 6.07) is 14.2. The molecule has 0 radical (unpaired) electrons. The number of nitrogens with zero attached hydrogens (tertiary/aromatic N) is 1. The zero-order valence-corrected chi connectivity index (χ0v) is 14.9. The summed E-state index contributed by atoms with van der Waals surface area (Å²) in [5.41, 5.74) is 4.40. The molecule has 0 saturated heterocycles. The van der Waals surface area contributed by atoms with Crippen LogP contribution >= 0.6 is 22.9 Å². The van der Waals surface area contributed by atoms with E-state index in [4.69, 9.17) is 21.3 Å². The Balaban J connectivity index is 1.64. The molecule has 0 fully saturated rings. The van der Waals surface area contributed by atoms with Gasteiger partial charge < -0.3 is 10.1 Å². The molecule has 4 rings (SSSR count). The van der Waals surface area contributed by atoms with Crippen LogP contribution in [0, 0.1) is 6.92 Å². The summed E-state index contributed by atoms with van der Waals surface area (Å²) in [4.78, 5) is 6.09. The molecule has 0 atom stereocenters. The van der Waals surface area contributed by atoms with Crippen LogP contribution in [0.25, 0.3) is 11.3 Å². The molecular formula is C19H17ClN2OS. The second kappa shape index (κ2) is 6.46. The van der Waals surface area contributed by atoms with E-state index in [0.29, 0.717) is 6.61 Å². The average Bonchev–Trinajstić information content (AvgIpc) is 2.95. The molecule has 1 aliphatic heterocycles. The maximum absolute atomic E-state index is 6.08. The van der Waals surface area contributed by atoms with Gasteiger partial charge in [-0.05, 0) is 42.8 Å². The number of nitrogens with one attached hydrogen (secondary N) is 1. The van der Waals surface area contributed by atoms with Crippen LogP contribution in [0.4, 0.5) is 5.69 Å². The highest BCUT2D eigenvalue weighted by Crippen LogP contribution is 2.35. The monoisotopic (exact) mass is 356 g/mol. The fourth-order valence-corrected chi connectivity index (χ4v) is 4.11. The quantitative estimate of drug-likeness (QED) is 0.703. The Hall–Kier alpha value is -2.04. The van der Waals surface area contributed by atoms with Crippen molar-refractivity contribution >= 4 is 28.6 Å². The second-order valence-corrected chi connectivity index (χ2v) is 7.53. The third-order valence-electron chi connectivity index (χ3n) is 4.01. The van der Waals surface area contributed by atoms with Gasteiger partial charge in [-0.1, -0.05) is 23.7 Å². The van der Waals surface area contributed by atoms with Gasteiger partial charge in [0.05, 0.1) is 16.4 Å². The summed E-state index contributed by atoms with van der Waals surface area (Å²) in [6.07, 6.45) is 0.804. The molecule has 5 heteroatoms. The van der Waals surface area contributed by atoms with Gasteiger partial charge in [0.25, 0.3) is 0 Å². The van der Waals surface area contributed by atoms with Gasteiger partial charge in [0.15, 0.2) is 0 Å². The summed E-state index contributed by atoms with van der Waals surface area (Å²) in [5.74, 6) is 0.914. The molecule has 0 aliphatic carbocycles. The highest BCUT2D eigenvalue weighted by Gasteiger charge is 2.15. The topological polar surface area (TPSA) is 34.2 Å². The van der Waals surface area contributed by atoms with Gasteiger partial charge in [0, 0.05) is 28.4 Å². The maximum Gasteiger partial charge on any atom is 0.142 e. The molecule has 1 N–H and O–H groups in total. The predicted octanol–water partition coefficient (Wildman–Crippen LogP) is 5.17. The van der Waals surface area contributed by atoms with Gasteiger partial charge in [-0.15, -0.1) is 11.3 Å². The predicted molar refractivity (Wildman–Crippen MR) is 101 cm³/mol. The molecule has 0 spiro atoms. The number of hydrogen-bond donors (Lipinski definition) is 1. The molecule has 3 aromatic rings. The van der Waals surface area contributed by atoms with Crippen LogP contribution < -0.4 is 10.1 Å². The van der Waals surface area contributed by atoms with E-state index >= 15 is 0 Å². The zero-order chi connectivity index (χ0) is 16.5. The van der Waals surface area contributed by atoms with Gasteiger partial charge >= 0.3 is 0 Å². The lowest BCUT2D eigenvalue weighted by atomic mass is 10.1. The summed E-state index contributed by atoms with van der Waals surface area (Å²) >= 11 is 7.82. The summed E-state index contributed by atoms with van der Waals surface area (Å²) < 4.78 is 5.65. The number of rotatable bonds is 3. The number of aryl methyl sites for hydroxylation is 1. The Bertz CT molecular complexity index is 891. The molecular weight excluding hydrogens is 340 g/mol. The highest BCUT2D eigenvalue weighted by atomic mass is 35.5. The van der Waals surface area contributed by atoms with E-state index in [1.807, 2.05) is 24.3 Å². The number of anilines is 1. The van der Waals surface area contributed by atoms with Crippen molar-refractivity contribution in [2.24, 2.45) is 0 Å². The van der Waals surface area contributed by atoms with E-state index < -0.39 is 0 Å². The van der Waals surface area contributed by atoms with E-state index in [-0.39, 0.29) is 0 Å². The summed E-state index contributed by atoms with van der Waals surface area (Å²) in [5, 5.41) is 5.25. The molecule has 0 bridgehead atoms. The lowest BCUT2D eigenvalue weighted by Gasteiger charge is -2.19. The van der Waals surface area contributed by atoms with E-state index in [1.54, 1.807) is 11.3 Å². The smallest absolute Gasteiger partial charge is 0.142 e. The van der Waals surface area contributed by atoms with Gasteiger partial charge in [0.1, 0.15) is 12.4 Å². The second-order valence-electron chi connectivity index (χ2n) is 5.81. The molecule has 0 unspecified atom stereocenters. The van der Waals surface area contributed by atoms with E-state index in [2.05, 4.69) is 30.4 Å². The molecule has 1 aromatic heterocycles. The number of fused-ring (bicyclic) bond motifs is 1. The first-order valence-corrected chi connectivity index (χ1v) is 9.10. The first kappa shape index (κ1) is 15.5. The molecule has 0 amide bonds. The van der Waals surface area contributed by atoms with Crippen LogP contribution in [0.1, 0.15) is 15.4 Å². The van der Waals surface area contributed by atoms with Crippen LogP contribution in [-0.2, 0) is 6.42 Å². The number of halogens is 1. The molecule has 24 heavy (non-hydrogen) atoms. The first-order chi connectivity index (χ1) is 11.7. The van der Waals surface area contributed by atoms with Crippen LogP contribution in [0.5, 0.6) is 5.75 Å². The Kier molecular flexibility index (Phi) is 4.17. The minimum Gasteiger partial charge on any atom is -0.490 e. The van der Waals surface area contributed by atoms with Gasteiger partial charge in [-0.3, -0.25) is 0 Å². The maximum atomic E-state index is 6.08. The van der Waals surface area contributed by atoms with Crippen molar-refractivity contribution in [1.82, 2.24) is 4.98 Å². The number of benzene rings is 2. The van der Waals surface area contributed by atoms with Gasteiger partial charge in [-0.25, -0.2) is 4.98 Å². The minimum absolute atomic E-state index is 0.714. The number of thiazole rings is 1. The van der Waals surface area contributed by atoms with Crippen molar-refractivity contribution < 1.29 is 4.74 Å². The zero-order valence-electron chi connectivity index (χ0n) is 13.3. The van der Waals surface area contributed by atoms with Gasteiger partial charge in [-0.2, -0.15) is 0 Å². The Labute approximate surface area is 150 Å². The van der Waals surface area contributed by atoms with Crippen LogP contribution in [0.3, 0.4) is 0 Å². The summed E-state index contributed by atoms with van der Waals surface area (Å²) in [6.45, 7) is 3.68. The third-order valence-corrected chi connectivity index (χ3v) is 5.22. The summed E-state index contributed by atoms with van der Waals surface area (Å²) in [7, 11) is 0. The minimum atomic E-state index is 0.714. The van der Waals surface area contributed by atoms with Crippen molar-refractivity contribution in [3.05, 3.63) is 62.9 Å². The fraction of sp³-hybridized carbons (Fsp3) is 0.211. The van der Waals surface area contributed by atoms with Crippen LogP contribution in [-0.4, -0.2) is 18.1 Å². The molecule has 0 saturated carbocycles. The number of hydrogen-bond acceptors (Lipinski definition) is 4. The van der Waals surface area contributed by atoms with E-state index in [9.17, 15) is 0 Å². The normalized spacial score (nSPS) is 13.1. The SMILES string of the molecule is Cc1sc(Cc2cccc(Cl)c2)nc1-c1ccc2c(c1)NCCO2. The standard InChI is InChI=1S/C19H17ClN2OS/c1-12-19(14-5-6-17-16(11-14)21-7-8-23-17)22-18(24-12)10-13-3-2-4-15(20)9-13/h2-6,9,11,21H,7-8,10H2,1H3. The number of ether oxygens (including phenoxy) is 1.